The van der Waals surface area contributed by atoms with Crippen molar-refractivity contribution in [2.24, 2.45) is 5.92 Å². The number of rotatable bonds is 6. The molecule has 0 saturated carbocycles. The molecule has 3 amide bonds. The molecule has 0 N–H and O–H groups in total. The highest BCUT2D eigenvalue weighted by atomic mass is 35.5. The van der Waals surface area contributed by atoms with Crippen molar-refractivity contribution in [2.45, 2.75) is 58.4 Å². The highest BCUT2D eigenvalue weighted by Gasteiger charge is 2.36. The normalized spacial score (nSPS) is 17.8. The molecule has 234 valence electrons. The first-order chi connectivity index (χ1) is 20.7. The number of thioether (sulfide) groups is 1. The highest BCUT2D eigenvalue weighted by Crippen LogP contribution is 2.36. The lowest BCUT2D eigenvalue weighted by Crippen LogP contribution is -2.42. The monoisotopic (exact) mass is 648 g/mol. The third-order valence-electron chi connectivity index (χ3n) is 7.56. The van der Waals surface area contributed by atoms with E-state index in [1.807, 2.05) is 20.8 Å². The molecule has 1 aromatic heterocycles. The molecule has 2 aromatic carbocycles. The van der Waals surface area contributed by atoms with Gasteiger partial charge in [-0.15, -0.1) is 0 Å². The van der Waals surface area contributed by atoms with Gasteiger partial charge in [-0.2, -0.15) is 18.3 Å². The molecule has 3 heterocycles. The predicted molar refractivity (Wildman–Crippen MR) is 163 cm³/mol. The van der Waals surface area contributed by atoms with Gasteiger partial charge in [0.1, 0.15) is 5.60 Å². The summed E-state index contributed by atoms with van der Waals surface area (Å²) in [5.41, 5.74) is -0.0375. The Morgan fingerprint density at radius 3 is 2.52 bits per heavy atom. The summed E-state index contributed by atoms with van der Waals surface area (Å²) in [5, 5.41) is 4.63. The molecule has 3 aromatic rings. The zero-order chi connectivity index (χ0) is 31.8. The number of hydrogen-bond donors (Lipinski definition) is 0. The first-order valence-electron chi connectivity index (χ1n) is 14.2. The Kier molecular flexibility index (Phi) is 9.04. The number of hydrogen-bond acceptors (Lipinski definition) is 6. The number of likely N-dealkylation sites (tertiary alicyclic amines) is 1. The molecule has 13 heteroatoms. The van der Waals surface area contributed by atoms with Crippen molar-refractivity contribution < 1.29 is 32.3 Å². The average Bonchev–Trinajstić information content (AvgIpc) is 3.46. The maximum absolute atomic E-state index is 13.6. The second-order valence-corrected chi connectivity index (χ2v) is 13.4. The third kappa shape index (κ3) is 7.40. The van der Waals surface area contributed by atoms with Gasteiger partial charge in [0.05, 0.1) is 28.7 Å². The van der Waals surface area contributed by atoms with Gasteiger partial charge >= 0.3 is 12.3 Å². The lowest BCUT2D eigenvalue weighted by Gasteiger charge is -2.33. The van der Waals surface area contributed by atoms with Crippen LogP contribution in [-0.4, -0.2) is 62.1 Å². The van der Waals surface area contributed by atoms with Crippen LogP contribution in [-0.2, 0) is 22.3 Å². The Balaban J connectivity index is 1.21. The van der Waals surface area contributed by atoms with E-state index >= 15 is 0 Å². The van der Waals surface area contributed by atoms with Crippen LogP contribution in [0.5, 0.6) is 0 Å². The molecule has 0 atom stereocenters. The highest BCUT2D eigenvalue weighted by molar-refractivity contribution is 8.18. The largest absolute Gasteiger partial charge is 0.444 e. The first kappa shape index (κ1) is 31.9. The Morgan fingerprint density at radius 2 is 1.84 bits per heavy atom. The van der Waals surface area contributed by atoms with Gasteiger partial charge in [0.2, 0.25) is 0 Å². The maximum atomic E-state index is 13.6. The van der Waals surface area contributed by atoms with E-state index in [-0.39, 0.29) is 40.3 Å². The minimum Gasteiger partial charge on any atom is -0.444 e. The van der Waals surface area contributed by atoms with Crippen molar-refractivity contribution in [1.29, 1.82) is 0 Å². The van der Waals surface area contributed by atoms with Crippen LogP contribution in [0.15, 0.2) is 47.5 Å². The summed E-state index contributed by atoms with van der Waals surface area (Å²) in [5.74, 6) is -0.0734. The molecule has 5 rings (SSSR count). The number of aromatic nitrogens is 2. The van der Waals surface area contributed by atoms with E-state index in [1.165, 1.54) is 21.7 Å². The Labute approximate surface area is 262 Å². The van der Waals surface area contributed by atoms with Crippen molar-refractivity contribution in [3.8, 4) is 0 Å². The number of halogens is 4. The predicted octanol–water partition coefficient (Wildman–Crippen LogP) is 7.83. The molecule has 2 aliphatic rings. The summed E-state index contributed by atoms with van der Waals surface area (Å²) in [6.07, 6.45) is 0.511. The standard InChI is InChI=1S/C31H32ClF3N4O4S/c1-30(2,3)43-28(41)37-11-8-19(9-12-37)10-13-38-27(40)26(44-29(38)42)15-20-4-7-25-22(14-20)17-36-39(25)18-21-5-6-23(32)16-24(21)31(33,34)35/h4-7,14-17,19H,8-13,18H2,1-3H3. The van der Waals surface area contributed by atoms with Crippen molar-refractivity contribution in [3.05, 3.63) is 69.2 Å². The number of fused-ring (bicyclic) bond motifs is 1. The summed E-state index contributed by atoms with van der Waals surface area (Å²) >= 11 is 6.69. The summed E-state index contributed by atoms with van der Waals surface area (Å²) in [6, 6.07) is 8.90. The summed E-state index contributed by atoms with van der Waals surface area (Å²) in [4.78, 5) is 41.4. The van der Waals surface area contributed by atoms with Gasteiger partial charge < -0.3 is 9.64 Å². The number of imide groups is 1. The van der Waals surface area contributed by atoms with E-state index in [0.717, 1.165) is 30.7 Å². The molecule has 0 radical (unpaired) electrons. The van der Waals surface area contributed by atoms with Gasteiger partial charge in [-0.3, -0.25) is 19.2 Å². The number of carbonyl (C=O) groups excluding carboxylic acids is 3. The topological polar surface area (TPSA) is 84.7 Å². The smallest absolute Gasteiger partial charge is 0.416 e. The van der Waals surface area contributed by atoms with Crippen LogP contribution in [0.25, 0.3) is 17.0 Å². The van der Waals surface area contributed by atoms with Gasteiger partial charge in [0, 0.05) is 30.0 Å². The van der Waals surface area contributed by atoms with E-state index in [9.17, 15) is 27.6 Å². The Bertz CT molecular complexity index is 1620. The van der Waals surface area contributed by atoms with E-state index in [0.29, 0.717) is 47.4 Å². The quantitative estimate of drug-likeness (QED) is 0.253. The average molecular weight is 649 g/mol. The Morgan fingerprint density at radius 1 is 1.11 bits per heavy atom. The molecule has 8 nitrogen and oxygen atoms in total. The minimum atomic E-state index is -4.56. The molecule has 2 saturated heterocycles. The van der Waals surface area contributed by atoms with E-state index in [4.69, 9.17) is 16.3 Å². The minimum absolute atomic E-state index is 0.000995. The van der Waals surface area contributed by atoms with Gasteiger partial charge in [-0.25, -0.2) is 4.79 Å². The van der Waals surface area contributed by atoms with Crippen molar-refractivity contribution in [3.63, 3.8) is 0 Å². The molecule has 44 heavy (non-hydrogen) atoms. The second kappa shape index (κ2) is 12.5. The number of piperidine rings is 1. The fraction of sp³-hybridized carbons (Fsp3) is 0.419. The molecular formula is C31H32ClF3N4O4S. The summed E-state index contributed by atoms with van der Waals surface area (Å²) < 4.78 is 47.6. The molecule has 2 aliphatic heterocycles. The van der Waals surface area contributed by atoms with Crippen molar-refractivity contribution in [1.82, 2.24) is 19.6 Å². The van der Waals surface area contributed by atoms with Crippen LogP contribution in [0.2, 0.25) is 5.02 Å². The SMILES string of the molecule is CC(C)(C)OC(=O)N1CCC(CCN2C(=O)SC(=Cc3ccc4c(cnn4Cc4ccc(Cl)cc4C(F)(F)F)c3)C2=O)CC1. The Hall–Kier alpha value is -3.51. The van der Waals surface area contributed by atoms with Crippen LogP contribution in [0, 0.1) is 5.92 Å². The van der Waals surface area contributed by atoms with Gasteiger partial charge in [0.15, 0.2) is 0 Å². The zero-order valence-electron chi connectivity index (χ0n) is 24.5. The third-order valence-corrected chi connectivity index (χ3v) is 8.70. The summed E-state index contributed by atoms with van der Waals surface area (Å²) in [6.45, 7) is 6.84. The van der Waals surface area contributed by atoms with Crippen LogP contribution in [0.3, 0.4) is 0 Å². The molecule has 0 unspecified atom stereocenters. The lowest BCUT2D eigenvalue weighted by atomic mass is 9.93. The zero-order valence-corrected chi connectivity index (χ0v) is 26.1. The van der Waals surface area contributed by atoms with Crippen LogP contribution in [0.4, 0.5) is 22.8 Å². The lowest BCUT2D eigenvalue weighted by molar-refractivity contribution is -0.138. The van der Waals surface area contributed by atoms with Crippen LogP contribution < -0.4 is 0 Å². The molecule has 2 fully saturated rings. The summed E-state index contributed by atoms with van der Waals surface area (Å²) in [7, 11) is 0. The fourth-order valence-corrected chi connectivity index (χ4v) is 6.36. The van der Waals surface area contributed by atoms with E-state index in [2.05, 4.69) is 5.10 Å². The maximum Gasteiger partial charge on any atom is 0.416 e. The number of amides is 3. The molecule has 0 aliphatic carbocycles. The number of nitrogens with zero attached hydrogens (tertiary/aromatic N) is 4. The molecule has 0 bridgehead atoms. The fourth-order valence-electron chi connectivity index (χ4n) is 5.32. The van der Waals surface area contributed by atoms with Crippen molar-refractivity contribution in [2.75, 3.05) is 19.6 Å². The van der Waals surface area contributed by atoms with E-state index < -0.39 is 17.3 Å². The molecular weight excluding hydrogens is 617 g/mol. The number of ether oxygens (including phenoxy) is 1. The van der Waals surface area contributed by atoms with Gasteiger partial charge in [-0.05, 0) is 99.2 Å². The number of benzene rings is 2. The number of carbonyl (C=O) groups is 3. The van der Waals surface area contributed by atoms with Gasteiger partial charge in [-0.1, -0.05) is 23.7 Å². The van der Waals surface area contributed by atoms with Crippen LogP contribution >= 0.6 is 23.4 Å². The van der Waals surface area contributed by atoms with Gasteiger partial charge in [0.25, 0.3) is 11.1 Å². The van der Waals surface area contributed by atoms with Crippen LogP contribution in [0.1, 0.15) is 56.7 Å². The van der Waals surface area contributed by atoms with E-state index in [1.54, 1.807) is 35.4 Å². The first-order valence-corrected chi connectivity index (χ1v) is 15.4. The second-order valence-electron chi connectivity index (χ2n) is 12.0. The molecule has 0 spiro atoms. The van der Waals surface area contributed by atoms with Crippen molar-refractivity contribution >= 4 is 57.6 Å². The number of alkyl halides is 3.